The van der Waals surface area contributed by atoms with Gasteiger partial charge in [0.05, 0.1) is 17.2 Å². The lowest BCUT2D eigenvalue weighted by Crippen LogP contribution is -2.66. The van der Waals surface area contributed by atoms with Crippen LogP contribution in [0.2, 0.25) is 10.0 Å². The summed E-state index contributed by atoms with van der Waals surface area (Å²) in [5.74, 6) is -15.7. The van der Waals surface area contributed by atoms with Crippen LogP contribution in [-0.2, 0) is 59.0 Å². The average Bonchev–Trinajstić information content (AvgIpc) is 0.766. The minimum Gasteiger partial charge on any atom is -0.508 e. The van der Waals surface area contributed by atoms with E-state index in [0.29, 0.717) is 37.3 Å². The van der Waals surface area contributed by atoms with Gasteiger partial charge in [-0.25, -0.2) is 4.79 Å². The maximum Gasteiger partial charge on any atom is 0.337 e. The number of hydrogen-bond acceptors (Lipinski definition) is 25. The summed E-state index contributed by atoms with van der Waals surface area (Å²) in [6, 6.07) is 7.27. The van der Waals surface area contributed by atoms with Crippen molar-refractivity contribution in [2.45, 2.75) is 151 Å². The summed E-state index contributed by atoms with van der Waals surface area (Å²) in [5, 5.41) is 118. The van der Waals surface area contributed by atoms with Crippen LogP contribution in [0.15, 0.2) is 115 Å². The normalized spacial score (nSPS) is 23.2. The molecule has 17 N–H and O–H groups in total. The largest absolute Gasteiger partial charge is 0.508 e. The number of aromatic hydroxyl groups is 5. The second kappa shape index (κ2) is 36.6. The molecule has 7 aromatic carbocycles. The molecule has 1 fully saturated rings. The first-order chi connectivity index (χ1) is 55.9. The number of phenols is 5. The van der Waals surface area contributed by atoms with E-state index in [1.807, 2.05) is 4.90 Å². The fraction of sp³-hybridized carbons (Fsp3) is 0.378. The van der Waals surface area contributed by atoms with Crippen LogP contribution in [0.5, 0.6) is 69.0 Å². The molecule has 0 saturated carbocycles. The number of aliphatic hydroxyl groups is 3. The van der Waals surface area contributed by atoms with Gasteiger partial charge in [0, 0.05) is 48.2 Å². The van der Waals surface area contributed by atoms with Crippen molar-refractivity contribution in [3.05, 3.63) is 164 Å². The zero-order chi connectivity index (χ0) is 84.0. The van der Waals surface area contributed by atoms with Crippen LogP contribution in [0.3, 0.4) is 0 Å². The number of nitrogens with one attached hydrogen (secondary N) is 9. The second-order valence-corrected chi connectivity index (χ2v) is 30.5. The molecule has 0 unspecified atom stereocenters. The van der Waals surface area contributed by atoms with E-state index in [-0.39, 0.29) is 70.2 Å². The maximum atomic E-state index is 16.6. The Hall–Kier alpha value is -11.7. The van der Waals surface area contributed by atoms with Crippen molar-refractivity contribution in [1.29, 1.82) is 0 Å². The van der Waals surface area contributed by atoms with E-state index in [1.165, 1.54) is 61.6 Å². The fourth-order valence-corrected chi connectivity index (χ4v) is 14.9. The Labute approximate surface area is 680 Å². The number of nitrogens with zero attached hydrogens (tertiary/aromatic N) is 1. The molecule has 7 aromatic rings. The van der Waals surface area contributed by atoms with Crippen LogP contribution < -0.4 is 66.8 Å². The molecule has 1 saturated heterocycles. The average molecular weight is 1650 g/mol. The van der Waals surface area contributed by atoms with E-state index in [4.69, 9.17) is 51.6 Å². The number of carbonyl (C=O) groups is 9. The van der Waals surface area contributed by atoms with Gasteiger partial charge in [-0.1, -0.05) is 99.5 Å². The van der Waals surface area contributed by atoms with E-state index in [1.54, 1.807) is 14.1 Å². The summed E-state index contributed by atoms with van der Waals surface area (Å²) in [5.41, 5.74) is -1.97. The predicted molar refractivity (Wildman–Crippen MR) is 419 cm³/mol. The minimum absolute atomic E-state index is 0.00528. The molecule has 117 heavy (non-hydrogen) atoms. The summed E-state index contributed by atoms with van der Waals surface area (Å²) < 4.78 is 37.7. The fourth-order valence-electron chi connectivity index (χ4n) is 14.5. The Morgan fingerprint density at radius 1 is 0.590 bits per heavy atom. The molecule has 620 valence electrons. The van der Waals surface area contributed by atoms with Gasteiger partial charge >= 0.3 is 5.97 Å². The maximum absolute atomic E-state index is 16.6. The number of benzene rings is 7. The number of amides is 8. The highest BCUT2D eigenvalue weighted by molar-refractivity contribution is 6.33. The van der Waals surface area contributed by atoms with Gasteiger partial charge in [0.25, 0.3) is 0 Å². The van der Waals surface area contributed by atoms with Gasteiger partial charge in [-0.3, -0.25) is 38.4 Å². The predicted octanol–water partition coefficient (Wildman–Crippen LogP) is 6.39. The lowest BCUT2D eigenvalue weighted by molar-refractivity contribution is -0.242. The summed E-state index contributed by atoms with van der Waals surface area (Å²) in [6.45, 7) is 4.74. The number of likely N-dealkylation sites (N-methyl/N-ethyl adjacent to an activating group) is 1. The third kappa shape index (κ3) is 19.2. The van der Waals surface area contributed by atoms with Crippen molar-refractivity contribution in [2.75, 3.05) is 41.3 Å². The van der Waals surface area contributed by atoms with Crippen molar-refractivity contribution >= 4 is 76.4 Å². The Morgan fingerprint density at radius 2 is 1.24 bits per heavy atom. The van der Waals surface area contributed by atoms with Gasteiger partial charge in [0.15, 0.2) is 29.1 Å². The summed E-state index contributed by atoms with van der Waals surface area (Å²) >= 11 is 14.2. The highest BCUT2D eigenvalue weighted by Gasteiger charge is 2.51. The molecule has 0 aliphatic carbocycles. The van der Waals surface area contributed by atoms with E-state index >= 15 is 24.0 Å². The molecule has 14 rings (SSSR count). The molecular formula is C82H90Cl2N10O23. The number of methoxy groups -OCH3 is 1. The first-order valence-corrected chi connectivity index (χ1v) is 38.6. The highest BCUT2D eigenvalue weighted by atomic mass is 35.5. The van der Waals surface area contributed by atoms with Crippen molar-refractivity contribution in [3.63, 3.8) is 0 Å². The number of phenolic OH excluding ortho intramolecular Hbond substituents is 5. The third-order valence-corrected chi connectivity index (χ3v) is 21.3. The molecular weight excluding hydrogens is 1560 g/mol. The van der Waals surface area contributed by atoms with Crippen molar-refractivity contribution in [1.82, 2.24) is 52.8 Å². The van der Waals surface area contributed by atoms with E-state index in [9.17, 15) is 60.0 Å². The number of hydrogen-bond donors (Lipinski definition) is 17. The molecule has 0 aromatic heterocycles. The van der Waals surface area contributed by atoms with Gasteiger partial charge < -0.3 is 122 Å². The van der Waals surface area contributed by atoms with Gasteiger partial charge in [0.1, 0.15) is 107 Å². The second-order valence-electron chi connectivity index (χ2n) is 29.7. The van der Waals surface area contributed by atoms with Crippen LogP contribution in [-0.4, -0.2) is 183 Å². The summed E-state index contributed by atoms with van der Waals surface area (Å²) in [7, 11) is 6.03. The molecule has 13 atom stereocenters. The zero-order valence-corrected chi connectivity index (χ0v) is 65.7. The Bertz CT molecular complexity index is 4980. The standard InChI is InChI=1S/C82H90Cl2N10O23/c1-37(2)13-10-8-7-9-11-14-59(100)88-68-70(102)71(103)73(81(111)112-6)117-82(68)116-72-57-31-42-32-58(72)115-55-24-19-41(29-49(55)83)69(101)67-80(110)92-65(75(105)86-25-12-26-94(4)5)47-33-43(95)34-53(98)60(47)46-28-39(17-22-51(46)96)63(77(107)93-67)89-78(108)64(42)90-79(109)66-48-35-45(36-54(99)61(48)84)114-56-30-40(18-23-52(56)97)62(85-3)76(106)87-50(74(104)91-66)27-38-15-20-44(113-57)21-16-38/h15-24,28-37,50,62-71,73,82,85,95-99,101-103H,7-14,25-27H2,1-6H3,(H,86,105)(H,87,106)(H,88,100)(H,89,108)(H,90,109)(H,91,104)(H,92,110)(H,93,107)/t50-,62+,63-,64-,65+,66+,67+,68-,69-,70-,71+,73+,82-/m1/s1. The summed E-state index contributed by atoms with van der Waals surface area (Å²) in [4.78, 5) is 139. The van der Waals surface area contributed by atoms with Gasteiger partial charge in [-0.05, 0) is 153 Å². The highest BCUT2D eigenvalue weighted by Crippen LogP contribution is 2.50. The van der Waals surface area contributed by atoms with Gasteiger partial charge in [0.2, 0.25) is 59.3 Å². The Balaban J connectivity index is 1.09. The molecule has 7 aliphatic heterocycles. The number of ether oxygens (including phenoxy) is 6. The van der Waals surface area contributed by atoms with E-state index in [0.717, 1.165) is 93.5 Å². The quantitative estimate of drug-likeness (QED) is 0.0327. The first-order valence-electron chi connectivity index (χ1n) is 37.9. The number of esters is 1. The van der Waals surface area contributed by atoms with Crippen LogP contribution in [0.4, 0.5) is 0 Å². The number of fused-ring (bicyclic) bond motifs is 14. The van der Waals surface area contributed by atoms with Crippen molar-refractivity contribution in [3.8, 4) is 80.1 Å². The Morgan fingerprint density at radius 3 is 1.95 bits per heavy atom. The van der Waals surface area contributed by atoms with Crippen LogP contribution in [0.25, 0.3) is 11.1 Å². The smallest absolute Gasteiger partial charge is 0.337 e. The van der Waals surface area contributed by atoms with Crippen molar-refractivity contribution in [2.24, 2.45) is 5.92 Å². The van der Waals surface area contributed by atoms with E-state index < -0.39 is 205 Å². The first kappa shape index (κ1) is 84.7. The Kier molecular flexibility index (Phi) is 26.5. The molecule has 0 radical (unpaired) electrons. The molecule has 8 amide bonds. The number of unbranched alkanes of at least 4 members (excludes halogenated alkanes) is 4. The lowest BCUT2D eigenvalue weighted by atomic mass is 9.89. The molecule has 0 spiro atoms. The molecule has 17 bridgehead atoms. The SMILES string of the molecule is CN[C@@H]1C(=O)N[C@@H]2Cc3ccc(cc3)Oc3cc4cc(c3O[C@@H]3O[C@H](C(=O)OC)[C@@H](O)[C@H](O)[C@H]3NC(=O)CCCCCCCC(C)C)Oc3ccc(cc3Cl)[C@@H](O)[C@@H]3NC(=O)[C@H](NC(=O)[C@@H]4NC(=O)[C@@H](NC2=O)c2cc(cc(O)c2Cl)Oc2cc1ccc2O)c1ccc(O)c(c1)-c1c(O)cc(O)cc1[C@@H](C(=O)NCCCN(C)C)NC3=O. The molecule has 7 heterocycles. The number of halogens is 2. The topological polar surface area (TPSA) is 482 Å². The number of aliphatic hydroxyl groups excluding tert-OH is 3. The lowest BCUT2D eigenvalue weighted by Gasteiger charge is -2.41. The monoisotopic (exact) mass is 1650 g/mol. The van der Waals surface area contributed by atoms with Gasteiger partial charge in [-0.15, -0.1) is 0 Å². The molecule has 7 aliphatic rings. The number of rotatable bonds is 18. The van der Waals surface area contributed by atoms with Crippen molar-refractivity contribution < 1.29 is 112 Å². The molecule has 33 nitrogen and oxygen atoms in total. The van der Waals surface area contributed by atoms with Gasteiger partial charge in [-0.2, -0.15) is 0 Å². The van der Waals surface area contributed by atoms with E-state index in [2.05, 4.69) is 61.7 Å². The van der Waals surface area contributed by atoms with Crippen LogP contribution >= 0.6 is 23.2 Å². The summed E-state index contributed by atoms with van der Waals surface area (Å²) in [6.07, 6.45) is -5.80. The third-order valence-electron chi connectivity index (χ3n) is 20.6. The molecule has 35 heteroatoms. The van der Waals surface area contributed by atoms with Crippen LogP contribution in [0, 0.1) is 5.92 Å². The number of carbonyl (C=O) groups excluding carboxylic acids is 9. The zero-order valence-electron chi connectivity index (χ0n) is 64.2. The van der Waals surface area contributed by atoms with Crippen LogP contribution in [0.1, 0.15) is 140 Å². The minimum atomic E-state index is -2.35.